The summed E-state index contributed by atoms with van der Waals surface area (Å²) in [5.74, 6) is -0.745. The molecular weight excluding hydrogens is 244 g/mol. The van der Waals surface area contributed by atoms with Crippen LogP contribution in [0.5, 0.6) is 0 Å². The molecule has 0 amide bonds. The number of ether oxygens (including phenoxy) is 2. The fourth-order valence-electron chi connectivity index (χ4n) is 2.10. The lowest BCUT2D eigenvalue weighted by atomic mass is 10.1. The van der Waals surface area contributed by atoms with Crippen LogP contribution in [0.25, 0.3) is 10.8 Å². The van der Waals surface area contributed by atoms with Crippen LogP contribution >= 0.6 is 0 Å². The fraction of sp³-hybridized carbons (Fsp3) is 0.200. The van der Waals surface area contributed by atoms with Crippen LogP contribution in [0, 0.1) is 0 Å². The SMILES string of the molecule is O=C1C[C@@H](OC(=O)c2ccc3ccccc3c2)CO1. The Kier molecular flexibility index (Phi) is 2.91. The monoisotopic (exact) mass is 256 g/mol. The van der Waals surface area contributed by atoms with Gasteiger partial charge in [-0.05, 0) is 22.9 Å². The van der Waals surface area contributed by atoms with Gasteiger partial charge in [0.05, 0.1) is 12.0 Å². The first-order chi connectivity index (χ1) is 9.22. The van der Waals surface area contributed by atoms with Crippen molar-refractivity contribution >= 4 is 22.7 Å². The van der Waals surface area contributed by atoms with E-state index >= 15 is 0 Å². The predicted octanol–water partition coefficient (Wildman–Crippen LogP) is 2.31. The molecule has 1 aliphatic heterocycles. The number of cyclic esters (lactones) is 1. The smallest absolute Gasteiger partial charge is 0.338 e. The lowest BCUT2D eigenvalue weighted by Crippen LogP contribution is -2.18. The quantitative estimate of drug-likeness (QED) is 0.774. The molecule has 0 saturated carbocycles. The minimum atomic E-state index is -0.466. The van der Waals surface area contributed by atoms with Crippen LogP contribution in [0.4, 0.5) is 0 Å². The number of hydrogen-bond donors (Lipinski definition) is 0. The molecule has 0 spiro atoms. The Balaban J connectivity index is 1.79. The molecule has 0 unspecified atom stereocenters. The molecule has 3 rings (SSSR count). The molecule has 0 aromatic heterocycles. The third kappa shape index (κ3) is 2.42. The van der Waals surface area contributed by atoms with Gasteiger partial charge in [-0.2, -0.15) is 0 Å². The molecule has 1 aliphatic rings. The van der Waals surface area contributed by atoms with Crippen molar-refractivity contribution in [1.29, 1.82) is 0 Å². The van der Waals surface area contributed by atoms with Crippen molar-refractivity contribution in [3.63, 3.8) is 0 Å². The van der Waals surface area contributed by atoms with Crippen molar-refractivity contribution in [2.45, 2.75) is 12.5 Å². The van der Waals surface area contributed by atoms with Gasteiger partial charge >= 0.3 is 11.9 Å². The molecule has 0 radical (unpaired) electrons. The number of carbonyl (C=O) groups is 2. The number of hydrogen-bond acceptors (Lipinski definition) is 4. The molecule has 1 heterocycles. The van der Waals surface area contributed by atoms with Crippen molar-refractivity contribution < 1.29 is 19.1 Å². The molecule has 0 bridgehead atoms. The Morgan fingerprint density at radius 2 is 1.95 bits per heavy atom. The zero-order valence-corrected chi connectivity index (χ0v) is 10.2. The van der Waals surface area contributed by atoms with Gasteiger partial charge < -0.3 is 9.47 Å². The van der Waals surface area contributed by atoms with Crippen LogP contribution < -0.4 is 0 Å². The van der Waals surface area contributed by atoms with E-state index < -0.39 is 12.1 Å². The Morgan fingerprint density at radius 1 is 1.16 bits per heavy atom. The number of carbonyl (C=O) groups excluding carboxylic acids is 2. The van der Waals surface area contributed by atoms with Crippen molar-refractivity contribution in [3.8, 4) is 0 Å². The first kappa shape index (κ1) is 11.7. The van der Waals surface area contributed by atoms with Crippen molar-refractivity contribution in [3.05, 3.63) is 48.0 Å². The first-order valence-electron chi connectivity index (χ1n) is 6.08. The van der Waals surface area contributed by atoms with E-state index in [1.54, 1.807) is 12.1 Å². The summed E-state index contributed by atoms with van der Waals surface area (Å²) in [4.78, 5) is 22.9. The summed E-state index contributed by atoms with van der Waals surface area (Å²) >= 11 is 0. The third-order valence-electron chi connectivity index (χ3n) is 3.08. The van der Waals surface area contributed by atoms with E-state index in [2.05, 4.69) is 0 Å². The predicted molar refractivity (Wildman–Crippen MR) is 68.7 cm³/mol. The highest BCUT2D eigenvalue weighted by Crippen LogP contribution is 2.18. The Labute approximate surface area is 109 Å². The summed E-state index contributed by atoms with van der Waals surface area (Å²) in [5, 5.41) is 2.05. The van der Waals surface area contributed by atoms with E-state index in [1.165, 1.54) is 0 Å². The second kappa shape index (κ2) is 4.72. The lowest BCUT2D eigenvalue weighted by molar-refractivity contribution is -0.137. The van der Waals surface area contributed by atoms with Crippen molar-refractivity contribution in [1.82, 2.24) is 0 Å². The van der Waals surface area contributed by atoms with E-state index in [-0.39, 0.29) is 19.0 Å². The maximum Gasteiger partial charge on any atom is 0.338 e. The van der Waals surface area contributed by atoms with Gasteiger partial charge in [0.2, 0.25) is 0 Å². The van der Waals surface area contributed by atoms with Gasteiger partial charge in [0.1, 0.15) is 12.7 Å². The van der Waals surface area contributed by atoms with E-state index in [9.17, 15) is 9.59 Å². The highest BCUT2D eigenvalue weighted by molar-refractivity contribution is 5.95. The summed E-state index contributed by atoms with van der Waals surface area (Å²) in [6, 6.07) is 13.2. The standard InChI is InChI=1S/C15H12O4/c16-14-8-13(9-18-14)19-15(17)12-6-5-10-3-1-2-4-11(10)7-12/h1-7,13H,8-9H2/t13-/m1/s1. The maximum atomic E-state index is 12.0. The highest BCUT2D eigenvalue weighted by atomic mass is 16.6. The molecule has 4 nitrogen and oxygen atoms in total. The topological polar surface area (TPSA) is 52.6 Å². The molecule has 2 aromatic rings. The molecule has 96 valence electrons. The van der Waals surface area contributed by atoms with Crippen LogP contribution in [-0.2, 0) is 14.3 Å². The normalized spacial score (nSPS) is 18.3. The van der Waals surface area contributed by atoms with Gasteiger partial charge in [0, 0.05) is 0 Å². The minimum Gasteiger partial charge on any atom is -0.462 e. The molecule has 1 atom stereocenters. The first-order valence-corrected chi connectivity index (χ1v) is 6.08. The summed E-state index contributed by atoms with van der Waals surface area (Å²) < 4.78 is 9.99. The van der Waals surface area contributed by atoms with Gasteiger partial charge in [-0.15, -0.1) is 0 Å². The molecule has 4 heteroatoms. The second-order valence-corrected chi connectivity index (χ2v) is 4.48. The Hall–Kier alpha value is -2.36. The molecule has 1 saturated heterocycles. The molecule has 0 aliphatic carbocycles. The summed E-state index contributed by atoms with van der Waals surface area (Å²) in [5.41, 5.74) is 0.484. The van der Waals surface area contributed by atoms with Crippen LogP contribution in [0.1, 0.15) is 16.8 Å². The lowest BCUT2D eigenvalue weighted by Gasteiger charge is -2.09. The van der Waals surface area contributed by atoms with Crippen LogP contribution in [-0.4, -0.2) is 24.6 Å². The Bertz CT molecular complexity index is 647. The van der Waals surface area contributed by atoms with E-state index in [0.717, 1.165) is 10.8 Å². The van der Waals surface area contributed by atoms with E-state index in [4.69, 9.17) is 9.47 Å². The van der Waals surface area contributed by atoms with Crippen molar-refractivity contribution in [2.75, 3.05) is 6.61 Å². The van der Waals surface area contributed by atoms with Crippen molar-refractivity contribution in [2.24, 2.45) is 0 Å². The number of fused-ring (bicyclic) bond motifs is 1. The second-order valence-electron chi connectivity index (χ2n) is 4.48. The van der Waals surface area contributed by atoms with Gasteiger partial charge in [0.25, 0.3) is 0 Å². The minimum absolute atomic E-state index is 0.138. The average Bonchev–Trinajstić information content (AvgIpc) is 2.83. The average molecular weight is 256 g/mol. The van der Waals surface area contributed by atoms with Crippen LogP contribution in [0.2, 0.25) is 0 Å². The van der Waals surface area contributed by atoms with E-state index in [0.29, 0.717) is 5.56 Å². The number of esters is 2. The molecule has 0 N–H and O–H groups in total. The van der Waals surface area contributed by atoms with Crippen LogP contribution in [0.15, 0.2) is 42.5 Å². The maximum absolute atomic E-state index is 12.0. The number of benzene rings is 2. The zero-order chi connectivity index (χ0) is 13.2. The van der Waals surface area contributed by atoms with Gasteiger partial charge in [0.15, 0.2) is 0 Å². The highest BCUT2D eigenvalue weighted by Gasteiger charge is 2.27. The summed E-state index contributed by atoms with van der Waals surface area (Å²) in [6.07, 6.45) is -0.328. The van der Waals surface area contributed by atoms with E-state index in [1.807, 2.05) is 30.3 Å². The Morgan fingerprint density at radius 3 is 2.68 bits per heavy atom. The molecule has 2 aromatic carbocycles. The van der Waals surface area contributed by atoms with Crippen LogP contribution in [0.3, 0.4) is 0 Å². The third-order valence-corrected chi connectivity index (χ3v) is 3.08. The summed E-state index contributed by atoms with van der Waals surface area (Å²) in [7, 11) is 0. The molecule has 1 fully saturated rings. The summed E-state index contributed by atoms with van der Waals surface area (Å²) in [6.45, 7) is 0.151. The zero-order valence-electron chi connectivity index (χ0n) is 10.2. The number of rotatable bonds is 2. The largest absolute Gasteiger partial charge is 0.462 e. The van der Waals surface area contributed by atoms with Gasteiger partial charge in [-0.1, -0.05) is 30.3 Å². The molecule has 19 heavy (non-hydrogen) atoms. The van der Waals surface area contributed by atoms with Gasteiger partial charge in [-0.25, -0.2) is 4.79 Å². The molecular formula is C15H12O4. The van der Waals surface area contributed by atoms with Gasteiger partial charge in [-0.3, -0.25) is 4.79 Å². The fourth-order valence-corrected chi connectivity index (χ4v) is 2.10.